The minimum absolute atomic E-state index is 0.0381. The van der Waals surface area contributed by atoms with Crippen LogP contribution in [0.2, 0.25) is 0 Å². The van der Waals surface area contributed by atoms with E-state index in [1.165, 1.54) is 36.1 Å². The van der Waals surface area contributed by atoms with Gasteiger partial charge in [-0.2, -0.15) is 17.5 Å². The van der Waals surface area contributed by atoms with Crippen molar-refractivity contribution in [2.75, 3.05) is 13.1 Å². The molecule has 2 amide bonds. The summed E-state index contributed by atoms with van der Waals surface area (Å²) in [5, 5.41) is 6.17. The van der Waals surface area contributed by atoms with Gasteiger partial charge in [0.25, 0.3) is 0 Å². The number of hydrogen-bond donors (Lipinski definition) is 2. The molecule has 1 aromatic carbocycles. The molecular formula is C24H34F3N3O3S. The molecule has 34 heavy (non-hydrogen) atoms. The number of halogens is 3. The highest BCUT2D eigenvalue weighted by molar-refractivity contribution is 7.89. The van der Waals surface area contributed by atoms with E-state index in [-0.39, 0.29) is 29.6 Å². The first-order valence-electron chi connectivity index (χ1n) is 12.3. The molecule has 1 heterocycles. The summed E-state index contributed by atoms with van der Waals surface area (Å²) in [7, 11) is -4.11. The molecule has 3 fully saturated rings. The monoisotopic (exact) mass is 501 g/mol. The van der Waals surface area contributed by atoms with Crippen molar-refractivity contribution in [3.8, 4) is 0 Å². The second-order valence-corrected chi connectivity index (χ2v) is 12.2. The van der Waals surface area contributed by atoms with E-state index in [0.29, 0.717) is 30.7 Å². The van der Waals surface area contributed by atoms with Crippen molar-refractivity contribution < 1.29 is 26.4 Å². The largest absolute Gasteiger partial charge is 0.416 e. The Labute approximate surface area is 199 Å². The third-order valence-electron chi connectivity index (χ3n) is 7.82. The van der Waals surface area contributed by atoms with Crippen LogP contribution in [0.15, 0.2) is 29.2 Å². The van der Waals surface area contributed by atoms with E-state index in [0.717, 1.165) is 31.4 Å². The molecule has 2 saturated carbocycles. The molecule has 2 N–H and O–H groups in total. The number of nitrogens with zero attached hydrogens (tertiary/aromatic N) is 1. The highest BCUT2D eigenvalue weighted by Gasteiger charge is 2.42. The fourth-order valence-electron chi connectivity index (χ4n) is 6.16. The van der Waals surface area contributed by atoms with Gasteiger partial charge in [-0.1, -0.05) is 32.3 Å². The number of rotatable bonds is 5. The van der Waals surface area contributed by atoms with Crippen LogP contribution in [-0.2, 0) is 16.2 Å². The first-order chi connectivity index (χ1) is 16.0. The second kappa shape index (κ2) is 9.68. The molecular weight excluding hydrogens is 467 g/mol. The highest BCUT2D eigenvalue weighted by atomic mass is 32.2. The molecule has 4 rings (SSSR count). The quantitative estimate of drug-likeness (QED) is 0.602. The molecule has 0 spiro atoms. The Balaban J connectivity index is 1.40. The Morgan fingerprint density at radius 2 is 1.85 bits per heavy atom. The average molecular weight is 502 g/mol. The number of amides is 2. The van der Waals surface area contributed by atoms with Crippen LogP contribution in [-0.4, -0.2) is 43.4 Å². The number of piperidine rings is 1. The summed E-state index contributed by atoms with van der Waals surface area (Å²) < 4.78 is 66.5. The first-order valence-corrected chi connectivity index (χ1v) is 13.7. The van der Waals surface area contributed by atoms with Crippen LogP contribution in [0, 0.1) is 11.8 Å². The lowest BCUT2D eigenvalue weighted by atomic mass is 9.64. The predicted molar refractivity (Wildman–Crippen MR) is 123 cm³/mol. The number of carbonyl (C=O) groups excluding carboxylic acids is 1. The third-order valence-corrected chi connectivity index (χ3v) is 9.69. The SMILES string of the molecule is CCC1(NC(=O)NC2CCCN(S(=O)(=O)c3cccc(C(F)(F)F)c3)C2)CC2CCCC(C2)C1. The summed E-state index contributed by atoms with van der Waals surface area (Å²) in [6.45, 7) is 2.35. The van der Waals surface area contributed by atoms with Crippen molar-refractivity contribution in [2.45, 2.75) is 87.4 Å². The lowest BCUT2D eigenvalue weighted by Gasteiger charge is -2.47. The van der Waals surface area contributed by atoms with Crippen LogP contribution in [0.5, 0.6) is 0 Å². The molecule has 1 aromatic rings. The summed E-state index contributed by atoms with van der Waals surface area (Å²) in [5.74, 6) is 1.30. The Hall–Kier alpha value is -1.81. The van der Waals surface area contributed by atoms with Crippen molar-refractivity contribution in [3.63, 3.8) is 0 Å². The van der Waals surface area contributed by atoms with Gasteiger partial charge in [-0.15, -0.1) is 0 Å². The van der Waals surface area contributed by atoms with Crippen molar-refractivity contribution in [1.82, 2.24) is 14.9 Å². The molecule has 3 unspecified atom stereocenters. The zero-order valence-corrected chi connectivity index (χ0v) is 20.4. The number of carbonyl (C=O) groups is 1. The van der Waals surface area contributed by atoms with Crippen LogP contribution in [0.3, 0.4) is 0 Å². The topological polar surface area (TPSA) is 78.5 Å². The van der Waals surface area contributed by atoms with Crippen LogP contribution in [0.1, 0.15) is 70.3 Å². The average Bonchev–Trinajstić information content (AvgIpc) is 2.78. The third kappa shape index (κ3) is 5.53. The van der Waals surface area contributed by atoms with Gasteiger partial charge >= 0.3 is 12.2 Å². The van der Waals surface area contributed by atoms with Crippen LogP contribution in [0.4, 0.5) is 18.0 Å². The molecule has 2 bridgehead atoms. The van der Waals surface area contributed by atoms with Gasteiger partial charge in [0, 0.05) is 24.7 Å². The number of sulfonamides is 1. The summed E-state index contributed by atoms with van der Waals surface area (Å²) in [4.78, 5) is 12.5. The van der Waals surface area contributed by atoms with Crippen molar-refractivity contribution in [2.24, 2.45) is 11.8 Å². The van der Waals surface area contributed by atoms with Gasteiger partial charge in [0.2, 0.25) is 10.0 Å². The van der Waals surface area contributed by atoms with Gasteiger partial charge in [0.15, 0.2) is 0 Å². The van der Waals surface area contributed by atoms with Gasteiger partial charge in [-0.3, -0.25) is 0 Å². The van der Waals surface area contributed by atoms with E-state index < -0.39 is 27.8 Å². The van der Waals surface area contributed by atoms with Crippen molar-refractivity contribution in [1.29, 1.82) is 0 Å². The maximum absolute atomic E-state index is 13.1. The molecule has 1 aliphatic heterocycles. The highest BCUT2D eigenvalue weighted by Crippen LogP contribution is 2.45. The Morgan fingerprint density at radius 1 is 1.15 bits per heavy atom. The van der Waals surface area contributed by atoms with E-state index in [1.54, 1.807) is 0 Å². The Morgan fingerprint density at radius 3 is 2.50 bits per heavy atom. The molecule has 3 atom stereocenters. The van der Waals surface area contributed by atoms with Gasteiger partial charge in [0.05, 0.1) is 10.5 Å². The lowest BCUT2D eigenvalue weighted by Crippen LogP contribution is -2.59. The normalized spacial score (nSPS) is 30.5. The fourth-order valence-corrected chi connectivity index (χ4v) is 7.73. The van der Waals surface area contributed by atoms with Crippen molar-refractivity contribution in [3.05, 3.63) is 29.8 Å². The predicted octanol–water partition coefficient (Wildman–Crippen LogP) is 4.91. The summed E-state index contributed by atoms with van der Waals surface area (Å²) in [6.07, 6.45) is 4.27. The maximum atomic E-state index is 13.1. The minimum atomic E-state index is -4.62. The van der Waals surface area contributed by atoms with Crippen LogP contribution < -0.4 is 10.6 Å². The van der Waals surface area contributed by atoms with Crippen molar-refractivity contribution >= 4 is 16.1 Å². The molecule has 3 aliphatic rings. The van der Waals surface area contributed by atoms with Gasteiger partial charge < -0.3 is 10.6 Å². The Bertz CT molecular complexity index is 987. The summed E-state index contributed by atoms with van der Waals surface area (Å²) in [5.41, 5.74) is -1.22. The fraction of sp³-hybridized carbons (Fsp3) is 0.708. The van der Waals surface area contributed by atoms with Crippen LogP contribution in [0.25, 0.3) is 0 Å². The zero-order valence-electron chi connectivity index (χ0n) is 19.5. The van der Waals surface area contributed by atoms with E-state index in [4.69, 9.17) is 0 Å². The zero-order chi connectivity index (χ0) is 24.6. The van der Waals surface area contributed by atoms with Gasteiger partial charge in [0.1, 0.15) is 0 Å². The number of fused-ring (bicyclic) bond motifs is 2. The number of alkyl halides is 3. The molecule has 1 saturated heterocycles. The molecule has 0 aromatic heterocycles. The standard InChI is InChI=1S/C24H34F3N3O3S/c1-2-23(14-17-6-3-7-18(12-17)15-23)29-22(31)28-20-9-5-11-30(16-20)34(32,33)21-10-4-8-19(13-21)24(25,26)27/h4,8,10,13,17-18,20H,2-3,5-7,9,11-12,14-16H2,1H3,(H2,28,29,31). The molecule has 10 heteroatoms. The van der Waals surface area contributed by atoms with Gasteiger partial charge in [-0.25, -0.2) is 13.2 Å². The number of nitrogens with one attached hydrogen (secondary N) is 2. The van der Waals surface area contributed by atoms with E-state index in [2.05, 4.69) is 17.6 Å². The number of hydrogen-bond acceptors (Lipinski definition) is 3. The number of benzene rings is 1. The van der Waals surface area contributed by atoms with Gasteiger partial charge in [-0.05, 0) is 68.6 Å². The maximum Gasteiger partial charge on any atom is 0.416 e. The lowest BCUT2D eigenvalue weighted by molar-refractivity contribution is -0.137. The first kappa shape index (κ1) is 25.3. The molecule has 190 valence electrons. The van der Waals surface area contributed by atoms with Crippen LogP contribution >= 0.6 is 0 Å². The smallest absolute Gasteiger partial charge is 0.334 e. The summed E-state index contributed by atoms with van der Waals surface area (Å²) in [6, 6.07) is 3.12. The summed E-state index contributed by atoms with van der Waals surface area (Å²) >= 11 is 0. The molecule has 6 nitrogen and oxygen atoms in total. The Kier molecular flexibility index (Phi) is 7.20. The molecule has 2 aliphatic carbocycles. The number of urea groups is 1. The molecule has 0 radical (unpaired) electrons. The van der Waals surface area contributed by atoms with E-state index >= 15 is 0 Å². The second-order valence-electron chi connectivity index (χ2n) is 10.3. The van der Waals surface area contributed by atoms with E-state index in [1.807, 2.05) is 0 Å². The van der Waals surface area contributed by atoms with E-state index in [9.17, 15) is 26.4 Å². The minimum Gasteiger partial charge on any atom is -0.334 e.